The number of amides is 1. The third-order valence-electron chi connectivity index (χ3n) is 3.52. The molecule has 0 aromatic carbocycles. The average Bonchev–Trinajstić information content (AvgIpc) is 2.42. The van der Waals surface area contributed by atoms with Gasteiger partial charge in [-0.3, -0.25) is 4.79 Å². The molecule has 0 spiro atoms. The molecule has 5 nitrogen and oxygen atoms in total. The van der Waals surface area contributed by atoms with Crippen LogP contribution in [0.5, 0.6) is 0 Å². The van der Waals surface area contributed by atoms with Crippen molar-refractivity contribution in [2.24, 2.45) is 0 Å². The normalized spacial score (nSPS) is 19.7. The van der Waals surface area contributed by atoms with E-state index in [4.69, 9.17) is 4.74 Å². The lowest BCUT2D eigenvalue weighted by Gasteiger charge is -2.30. The number of hydrogen-bond acceptors (Lipinski definition) is 4. The van der Waals surface area contributed by atoms with Gasteiger partial charge < -0.3 is 19.9 Å². The average molecular weight is 271 g/mol. The Morgan fingerprint density at radius 3 is 2.63 bits per heavy atom. The zero-order chi connectivity index (χ0) is 14.1. The van der Waals surface area contributed by atoms with E-state index in [-0.39, 0.29) is 11.9 Å². The molecule has 1 fully saturated rings. The third-order valence-corrected chi connectivity index (χ3v) is 3.52. The van der Waals surface area contributed by atoms with Crippen molar-refractivity contribution in [2.75, 3.05) is 54.0 Å². The topological polar surface area (TPSA) is 44.8 Å². The lowest BCUT2D eigenvalue weighted by molar-refractivity contribution is -0.134. The molecule has 19 heavy (non-hydrogen) atoms. The molecule has 1 saturated heterocycles. The number of hydrogen-bond donors (Lipinski definition) is 1. The Bertz CT molecular complexity index is 253. The summed E-state index contributed by atoms with van der Waals surface area (Å²) >= 11 is 0. The van der Waals surface area contributed by atoms with E-state index in [1.165, 1.54) is 6.42 Å². The molecule has 1 atom stereocenters. The van der Waals surface area contributed by atoms with Gasteiger partial charge in [-0.15, -0.1) is 0 Å². The smallest absolute Gasteiger partial charge is 0.239 e. The van der Waals surface area contributed by atoms with Crippen molar-refractivity contribution >= 4 is 5.91 Å². The van der Waals surface area contributed by atoms with E-state index in [1.54, 1.807) is 7.11 Å². The van der Waals surface area contributed by atoms with Crippen molar-refractivity contribution in [3.05, 3.63) is 0 Å². The van der Waals surface area contributed by atoms with Crippen LogP contribution in [0.1, 0.15) is 25.7 Å². The molecule has 1 aliphatic heterocycles. The summed E-state index contributed by atoms with van der Waals surface area (Å²) in [6.07, 6.45) is 4.31. The Labute approximate surface area is 117 Å². The highest BCUT2D eigenvalue weighted by atomic mass is 16.5. The quantitative estimate of drug-likeness (QED) is 0.700. The molecular weight excluding hydrogens is 242 g/mol. The van der Waals surface area contributed by atoms with Crippen LogP contribution in [0.25, 0.3) is 0 Å². The first-order valence-corrected chi connectivity index (χ1v) is 7.31. The molecule has 0 aromatic heterocycles. The summed E-state index contributed by atoms with van der Waals surface area (Å²) in [5.74, 6) is 0.246. The van der Waals surface area contributed by atoms with Gasteiger partial charge >= 0.3 is 0 Å². The molecule has 0 unspecified atom stereocenters. The second-order valence-electron chi connectivity index (χ2n) is 5.48. The third kappa shape index (κ3) is 6.36. The van der Waals surface area contributed by atoms with Crippen LogP contribution in [0.15, 0.2) is 0 Å². The lowest BCUT2D eigenvalue weighted by Crippen LogP contribution is -2.49. The van der Waals surface area contributed by atoms with Crippen LogP contribution in [0.2, 0.25) is 0 Å². The summed E-state index contributed by atoms with van der Waals surface area (Å²) in [4.78, 5) is 16.6. The van der Waals surface area contributed by atoms with E-state index < -0.39 is 0 Å². The fraction of sp³-hybridized carbons (Fsp3) is 0.929. The minimum atomic E-state index is 0.0185. The minimum absolute atomic E-state index is 0.0185. The standard InChI is InChI=1S/C14H29N3O2/c1-16(2)9-6-10-17(11-12-19-3)14(18)13-7-4-5-8-15-13/h13,15H,4-12H2,1-3H3/t13-/m0/s1. The first kappa shape index (κ1) is 16.4. The van der Waals surface area contributed by atoms with Crippen LogP contribution in [-0.4, -0.2) is 75.7 Å². The summed E-state index contributed by atoms with van der Waals surface area (Å²) in [5, 5.41) is 3.33. The number of methoxy groups -OCH3 is 1. The molecule has 0 aromatic rings. The summed E-state index contributed by atoms with van der Waals surface area (Å²) in [7, 11) is 5.80. The summed E-state index contributed by atoms with van der Waals surface area (Å²) in [6.45, 7) is 4.10. The highest BCUT2D eigenvalue weighted by Gasteiger charge is 2.25. The molecule has 0 radical (unpaired) electrons. The lowest BCUT2D eigenvalue weighted by atomic mass is 10.0. The van der Waals surface area contributed by atoms with Gasteiger partial charge in [0.2, 0.25) is 5.91 Å². The highest BCUT2D eigenvalue weighted by molar-refractivity contribution is 5.82. The van der Waals surface area contributed by atoms with Gasteiger partial charge in [-0.05, 0) is 46.4 Å². The molecule has 1 heterocycles. The van der Waals surface area contributed by atoms with Crippen molar-refractivity contribution in [1.82, 2.24) is 15.1 Å². The molecule has 0 aliphatic carbocycles. The number of nitrogens with zero attached hydrogens (tertiary/aromatic N) is 2. The fourth-order valence-electron chi connectivity index (χ4n) is 2.39. The maximum absolute atomic E-state index is 12.5. The first-order valence-electron chi connectivity index (χ1n) is 7.31. The van der Waals surface area contributed by atoms with Gasteiger partial charge in [-0.1, -0.05) is 6.42 Å². The highest BCUT2D eigenvalue weighted by Crippen LogP contribution is 2.10. The van der Waals surface area contributed by atoms with Crippen LogP contribution in [-0.2, 0) is 9.53 Å². The summed E-state index contributed by atoms with van der Waals surface area (Å²) < 4.78 is 5.11. The number of carbonyl (C=O) groups excluding carboxylic acids is 1. The first-order chi connectivity index (χ1) is 9.15. The van der Waals surface area contributed by atoms with E-state index >= 15 is 0 Å². The van der Waals surface area contributed by atoms with E-state index in [0.29, 0.717) is 13.2 Å². The van der Waals surface area contributed by atoms with Crippen LogP contribution >= 0.6 is 0 Å². The number of piperidine rings is 1. The Hall–Kier alpha value is -0.650. The number of nitrogens with one attached hydrogen (secondary N) is 1. The SMILES string of the molecule is COCCN(CCCN(C)C)C(=O)[C@@H]1CCCCN1. The molecular formula is C14H29N3O2. The van der Waals surface area contributed by atoms with Crippen molar-refractivity contribution in [1.29, 1.82) is 0 Å². The molecule has 0 saturated carbocycles. The number of rotatable bonds is 8. The van der Waals surface area contributed by atoms with Gasteiger partial charge in [0.05, 0.1) is 12.6 Å². The Kier molecular flexibility index (Phi) is 8.02. The second kappa shape index (κ2) is 9.28. The maximum atomic E-state index is 12.5. The Morgan fingerprint density at radius 2 is 2.05 bits per heavy atom. The van der Waals surface area contributed by atoms with Crippen molar-refractivity contribution < 1.29 is 9.53 Å². The molecule has 1 rings (SSSR count). The van der Waals surface area contributed by atoms with Crippen molar-refractivity contribution in [2.45, 2.75) is 31.7 Å². The minimum Gasteiger partial charge on any atom is -0.383 e. The van der Waals surface area contributed by atoms with Crippen LogP contribution in [0.3, 0.4) is 0 Å². The zero-order valence-corrected chi connectivity index (χ0v) is 12.7. The van der Waals surface area contributed by atoms with E-state index in [0.717, 1.165) is 38.9 Å². The van der Waals surface area contributed by atoms with Gasteiger partial charge in [0.15, 0.2) is 0 Å². The maximum Gasteiger partial charge on any atom is 0.239 e. The van der Waals surface area contributed by atoms with Crippen molar-refractivity contribution in [3.8, 4) is 0 Å². The fourth-order valence-corrected chi connectivity index (χ4v) is 2.39. The van der Waals surface area contributed by atoms with Crippen LogP contribution in [0, 0.1) is 0 Å². The summed E-state index contributed by atoms with van der Waals surface area (Å²) in [6, 6.07) is 0.0185. The van der Waals surface area contributed by atoms with Gasteiger partial charge in [0.1, 0.15) is 0 Å². The molecule has 0 bridgehead atoms. The van der Waals surface area contributed by atoms with Crippen LogP contribution < -0.4 is 5.32 Å². The molecule has 1 aliphatic rings. The summed E-state index contributed by atoms with van der Waals surface area (Å²) in [5.41, 5.74) is 0. The van der Waals surface area contributed by atoms with E-state index in [2.05, 4.69) is 24.3 Å². The van der Waals surface area contributed by atoms with E-state index in [1.807, 2.05) is 4.90 Å². The van der Waals surface area contributed by atoms with Crippen LogP contribution in [0.4, 0.5) is 0 Å². The largest absolute Gasteiger partial charge is 0.383 e. The second-order valence-corrected chi connectivity index (χ2v) is 5.48. The predicted octanol–water partition coefficient (Wildman–Crippen LogP) is 0.555. The van der Waals surface area contributed by atoms with E-state index in [9.17, 15) is 4.79 Å². The predicted molar refractivity (Wildman–Crippen MR) is 77.3 cm³/mol. The molecule has 5 heteroatoms. The molecule has 112 valence electrons. The van der Waals surface area contributed by atoms with Crippen molar-refractivity contribution in [3.63, 3.8) is 0 Å². The Morgan fingerprint density at radius 1 is 1.26 bits per heavy atom. The van der Waals surface area contributed by atoms with Gasteiger partial charge in [-0.2, -0.15) is 0 Å². The van der Waals surface area contributed by atoms with Gasteiger partial charge in [-0.25, -0.2) is 0 Å². The monoisotopic (exact) mass is 271 g/mol. The number of ether oxygens (including phenoxy) is 1. The van der Waals surface area contributed by atoms with Gasteiger partial charge in [0, 0.05) is 20.2 Å². The van der Waals surface area contributed by atoms with Gasteiger partial charge in [0.25, 0.3) is 0 Å². The zero-order valence-electron chi connectivity index (χ0n) is 12.7. The number of carbonyl (C=O) groups is 1. The molecule has 1 amide bonds. The molecule has 1 N–H and O–H groups in total. The Balaban J connectivity index is 2.43.